The first kappa shape index (κ1) is 24.8. The van der Waals surface area contributed by atoms with Crippen LogP contribution in [0.5, 0.6) is 5.75 Å². The molecule has 1 atom stereocenters. The molecule has 2 N–H and O–H groups in total. The second kappa shape index (κ2) is 11.9. The number of hydrogen-bond acceptors (Lipinski definition) is 6. The lowest BCUT2D eigenvalue weighted by Crippen LogP contribution is -2.36. The summed E-state index contributed by atoms with van der Waals surface area (Å²) in [5.41, 5.74) is 2.37. The van der Waals surface area contributed by atoms with Crippen molar-refractivity contribution in [3.63, 3.8) is 0 Å². The molecule has 1 saturated heterocycles. The molecular weight excluding hydrogens is 462 g/mol. The minimum Gasteiger partial charge on any atom is -0.497 e. The lowest BCUT2D eigenvalue weighted by atomic mass is 10.0. The predicted molar refractivity (Wildman–Crippen MR) is 138 cm³/mol. The number of ether oxygens (including phenoxy) is 1. The SMILES string of the molecule is COc1ccc([C@H](CNC(=O)c2ccc(NC(=O)CSc3nccn3C)cc2)N2CCCC2)cc1. The first-order valence-electron chi connectivity index (χ1n) is 11.7. The number of nitrogens with one attached hydrogen (secondary N) is 2. The molecule has 2 amide bonds. The Hall–Kier alpha value is -3.30. The van der Waals surface area contributed by atoms with Crippen LogP contribution in [0.25, 0.3) is 0 Å². The van der Waals surface area contributed by atoms with Crippen LogP contribution in [0.3, 0.4) is 0 Å². The highest BCUT2D eigenvalue weighted by molar-refractivity contribution is 7.99. The maximum atomic E-state index is 12.8. The van der Waals surface area contributed by atoms with Gasteiger partial charge in [-0.15, -0.1) is 0 Å². The van der Waals surface area contributed by atoms with Crippen molar-refractivity contribution in [3.8, 4) is 5.75 Å². The van der Waals surface area contributed by atoms with Gasteiger partial charge in [-0.3, -0.25) is 14.5 Å². The van der Waals surface area contributed by atoms with E-state index in [-0.39, 0.29) is 23.6 Å². The third kappa shape index (κ3) is 6.64. The number of carbonyl (C=O) groups excluding carboxylic acids is 2. The van der Waals surface area contributed by atoms with Crippen molar-refractivity contribution in [2.75, 3.05) is 37.8 Å². The smallest absolute Gasteiger partial charge is 0.251 e. The van der Waals surface area contributed by atoms with Gasteiger partial charge >= 0.3 is 0 Å². The van der Waals surface area contributed by atoms with Crippen LogP contribution in [-0.4, -0.2) is 58.8 Å². The Morgan fingerprint density at radius 1 is 1.09 bits per heavy atom. The molecule has 35 heavy (non-hydrogen) atoms. The summed E-state index contributed by atoms with van der Waals surface area (Å²) < 4.78 is 7.15. The number of aryl methyl sites for hydroxylation is 1. The number of likely N-dealkylation sites (tertiary alicyclic amines) is 1. The van der Waals surface area contributed by atoms with Gasteiger partial charge in [0.15, 0.2) is 5.16 Å². The van der Waals surface area contributed by atoms with Crippen molar-refractivity contribution in [2.24, 2.45) is 7.05 Å². The van der Waals surface area contributed by atoms with Crippen molar-refractivity contribution < 1.29 is 14.3 Å². The summed E-state index contributed by atoms with van der Waals surface area (Å²) in [7, 11) is 3.55. The van der Waals surface area contributed by atoms with Crippen molar-refractivity contribution in [3.05, 3.63) is 72.1 Å². The average molecular weight is 494 g/mol. The Balaban J connectivity index is 1.31. The molecule has 0 radical (unpaired) electrons. The van der Waals surface area contributed by atoms with E-state index in [1.165, 1.54) is 24.6 Å². The van der Waals surface area contributed by atoms with Crippen LogP contribution < -0.4 is 15.4 Å². The number of amides is 2. The summed E-state index contributed by atoms with van der Waals surface area (Å²) in [5, 5.41) is 6.74. The van der Waals surface area contributed by atoms with E-state index < -0.39 is 0 Å². The highest BCUT2D eigenvalue weighted by atomic mass is 32.2. The summed E-state index contributed by atoms with van der Waals surface area (Å²) in [6, 6.07) is 15.1. The van der Waals surface area contributed by atoms with Crippen LogP contribution in [0.2, 0.25) is 0 Å². The number of aromatic nitrogens is 2. The van der Waals surface area contributed by atoms with Gasteiger partial charge in [0.2, 0.25) is 5.91 Å². The van der Waals surface area contributed by atoms with Crippen molar-refractivity contribution in [2.45, 2.75) is 24.0 Å². The molecule has 2 aromatic carbocycles. The van der Waals surface area contributed by atoms with E-state index in [0.717, 1.165) is 29.6 Å². The summed E-state index contributed by atoms with van der Waals surface area (Å²) in [6.07, 6.45) is 5.89. The zero-order valence-electron chi connectivity index (χ0n) is 20.1. The number of carbonyl (C=O) groups is 2. The second-order valence-corrected chi connectivity index (χ2v) is 9.42. The summed E-state index contributed by atoms with van der Waals surface area (Å²) in [6.45, 7) is 2.58. The molecule has 8 nitrogen and oxygen atoms in total. The molecule has 0 bridgehead atoms. The van der Waals surface area contributed by atoms with E-state index >= 15 is 0 Å². The predicted octanol–water partition coefficient (Wildman–Crippen LogP) is 3.73. The average Bonchev–Trinajstić information content (AvgIpc) is 3.56. The van der Waals surface area contributed by atoms with E-state index in [2.05, 4.69) is 32.7 Å². The lowest BCUT2D eigenvalue weighted by Gasteiger charge is -2.28. The number of thioether (sulfide) groups is 1. The molecule has 0 saturated carbocycles. The van der Waals surface area contributed by atoms with Crippen LogP contribution in [0, 0.1) is 0 Å². The number of methoxy groups -OCH3 is 1. The van der Waals surface area contributed by atoms with E-state index in [9.17, 15) is 9.59 Å². The second-order valence-electron chi connectivity index (χ2n) is 8.48. The quantitative estimate of drug-likeness (QED) is 0.419. The molecule has 0 unspecified atom stereocenters. The highest BCUT2D eigenvalue weighted by Gasteiger charge is 2.24. The first-order chi connectivity index (χ1) is 17.0. The standard InChI is InChI=1S/C26H31N5O3S/c1-30-16-13-27-26(30)35-18-24(32)29-21-9-5-20(6-10-21)25(33)28-17-23(31-14-3-4-15-31)19-7-11-22(34-2)12-8-19/h5-13,16,23H,3-4,14-15,17-18H2,1-2H3,(H,28,33)(H,29,32)/t23-/m0/s1. The zero-order valence-corrected chi connectivity index (χ0v) is 20.9. The number of imidazole rings is 1. The number of benzene rings is 2. The molecule has 1 fully saturated rings. The largest absolute Gasteiger partial charge is 0.497 e. The van der Waals surface area contributed by atoms with Crippen LogP contribution in [0.4, 0.5) is 5.69 Å². The van der Waals surface area contributed by atoms with Crippen LogP contribution >= 0.6 is 11.8 Å². The highest BCUT2D eigenvalue weighted by Crippen LogP contribution is 2.26. The normalized spacial score (nSPS) is 14.5. The number of rotatable bonds is 10. The van der Waals surface area contributed by atoms with Gasteiger partial charge in [-0.05, 0) is 67.9 Å². The first-order valence-corrected chi connectivity index (χ1v) is 12.7. The Morgan fingerprint density at radius 2 is 1.80 bits per heavy atom. The molecule has 3 aromatic rings. The maximum Gasteiger partial charge on any atom is 0.251 e. The molecule has 1 aliphatic rings. The molecule has 0 aliphatic carbocycles. The third-order valence-electron chi connectivity index (χ3n) is 6.08. The van der Waals surface area contributed by atoms with Gasteiger partial charge in [0.05, 0.1) is 18.9 Å². The fourth-order valence-corrected chi connectivity index (χ4v) is 4.88. The topological polar surface area (TPSA) is 88.5 Å². The van der Waals surface area contributed by atoms with Gasteiger partial charge in [-0.2, -0.15) is 0 Å². The van der Waals surface area contributed by atoms with Crippen LogP contribution in [-0.2, 0) is 11.8 Å². The number of hydrogen-bond donors (Lipinski definition) is 2. The fraction of sp³-hybridized carbons (Fsp3) is 0.346. The Morgan fingerprint density at radius 3 is 2.43 bits per heavy atom. The number of nitrogens with zero attached hydrogens (tertiary/aromatic N) is 3. The summed E-state index contributed by atoms with van der Waals surface area (Å²) in [5.74, 6) is 0.825. The Kier molecular flexibility index (Phi) is 8.44. The van der Waals surface area contributed by atoms with Crippen molar-refractivity contribution in [1.82, 2.24) is 19.8 Å². The maximum absolute atomic E-state index is 12.8. The summed E-state index contributed by atoms with van der Waals surface area (Å²) >= 11 is 1.37. The lowest BCUT2D eigenvalue weighted by molar-refractivity contribution is -0.113. The molecule has 2 heterocycles. The molecule has 1 aliphatic heterocycles. The van der Waals surface area contributed by atoms with Gasteiger partial charge in [0.25, 0.3) is 5.91 Å². The fourth-order valence-electron chi connectivity index (χ4n) is 4.15. The van der Waals surface area contributed by atoms with Gasteiger partial charge in [0, 0.05) is 37.2 Å². The van der Waals surface area contributed by atoms with Crippen molar-refractivity contribution >= 4 is 29.3 Å². The van der Waals surface area contributed by atoms with Crippen molar-refractivity contribution in [1.29, 1.82) is 0 Å². The molecule has 1 aromatic heterocycles. The van der Waals surface area contributed by atoms with Crippen LogP contribution in [0.1, 0.15) is 34.8 Å². The molecule has 184 valence electrons. The van der Waals surface area contributed by atoms with E-state index in [1.54, 1.807) is 37.6 Å². The van der Waals surface area contributed by atoms with Gasteiger partial charge in [-0.25, -0.2) is 4.98 Å². The monoisotopic (exact) mass is 493 g/mol. The summed E-state index contributed by atoms with van der Waals surface area (Å²) in [4.78, 5) is 31.7. The minimum absolute atomic E-state index is 0.113. The van der Waals surface area contributed by atoms with Gasteiger partial charge in [0.1, 0.15) is 5.75 Å². The number of anilines is 1. The Labute approximate surface area is 210 Å². The van der Waals surface area contributed by atoms with E-state index in [4.69, 9.17) is 4.74 Å². The van der Waals surface area contributed by atoms with Crippen LogP contribution in [0.15, 0.2) is 66.1 Å². The van der Waals surface area contributed by atoms with Gasteiger partial charge < -0.3 is 19.9 Å². The van der Waals surface area contributed by atoms with Gasteiger partial charge in [-0.1, -0.05) is 23.9 Å². The molecule has 0 spiro atoms. The minimum atomic E-state index is -0.133. The van der Waals surface area contributed by atoms with E-state index in [1.807, 2.05) is 29.9 Å². The molecular formula is C26H31N5O3S. The Bertz CT molecular complexity index is 1120. The van der Waals surface area contributed by atoms with E-state index in [0.29, 0.717) is 17.8 Å². The molecule has 9 heteroatoms. The third-order valence-corrected chi connectivity index (χ3v) is 7.14. The zero-order chi connectivity index (χ0) is 24.6. The molecule has 4 rings (SSSR count).